The highest BCUT2D eigenvalue weighted by Crippen LogP contribution is 2.22. The minimum atomic E-state index is -0.392. The highest BCUT2D eigenvalue weighted by molar-refractivity contribution is 6.42. The quantitative estimate of drug-likeness (QED) is 0.862. The van der Waals surface area contributed by atoms with Gasteiger partial charge in [-0.3, -0.25) is 9.59 Å². The highest BCUT2D eigenvalue weighted by Gasteiger charge is 2.09. The van der Waals surface area contributed by atoms with Crippen molar-refractivity contribution in [1.29, 1.82) is 0 Å². The molecule has 0 saturated carbocycles. The van der Waals surface area contributed by atoms with E-state index in [1.165, 1.54) is 18.2 Å². The Hall–Kier alpha value is -0.770. The van der Waals surface area contributed by atoms with Gasteiger partial charge >= 0.3 is 0 Å². The lowest BCUT2D eigenvalue weighted by Gasteiger charge is -2.04. The number of rotatable bonds is 4. The first-order valence-corrected chi connectivity index (χ1v) is 5.64. The Labute approximate surface area is 108 Å². The molecule has 0 aliphatic heterocycles. The fourth-order valence-electron chi connectivity index (χ4n) is 0.966. The first kappa shape index (κ1) is 13.3. The topological polar surface area (TPSA) is 46.2 Å². The van der Waals surface area contributed by atoms with Crippen molar-refractivity contribution in [2.45, 2.75) is 0 Å². The number of Topliss-reactive ketones (excluding diaryl/α,β-unsaturated/α-hetero) is 1. The number of hydrogen-bond acceptors (Lipinski definition) is 2. The van der Waals surface area contributed by atoms with E-state index >= 15 is 0 Å². The molecule has 0 saturated heterocycles. The van der Waals surface area contributed by atoms with Crippen LogP contribution in [0.1, 0.15) is 10.4 Å². The Morgan fingerprint density at radius 2 is 1.88 bits per heavy atom. The SMILES string of the molecule is O=C(CCl)CNC(=O)c1ccc(Cl)c(Cl)c1. The van der Waals surface area contributed by atoms with Gasteiger partial charge in [0.2, 0.25) is 0 Å². The molecule has 0 heterocycles. The number of benzene rings is 1. The van der Waals surface area contributed by atoms with Crippen LogP contribution in [0.15, 0.2) is 18.2 Å². The van der Waals surface area contributed by atoms with Crippen molar-refractivity contribution in [2.24, 2.45) is 0 Å². The molecule has 0 spiro atoms. The summed E-state index contributed by atoms with van der Waals surface area (Å²) in [6.45, 7) is -0.0947. The monoisotopic (exact) mass is 279 g/mol. The second-order valence-corrected chi connectivity index (χ2v) is 4.07. The molecule has 0 fully saturated rings. The maximum absolute atomic E-state index is 11.5. The summed E-state index contributed by atoms with van der Waals surface area (Å²) in [7, 11) is 0. The number of ketones is 1. The third-order valence-corrected chi connectivity index (χ3v) is 2.81. The van der Waals surface area contributed by atoms with Crippen LogP contribution in [0.2, 0.25) is 10.0 Å². The molecule has 1 N–H and O–H groups in total. The molecule has 16 heavy (non-hydrogen) atoms. The van der Waals surface area contributed by atoms with Crippen LogP contribution < -0.4 is 5.32 Å². The van der Waals surface area contributed by atoms with Crippen LogP contribution >= 0.6 is 34.8 Å². The molecule has 0 radical (unpaired) electrons. The maximum Gasteiger partial charge on any atom is 0.251 e. The summed E-state index contributed by atoms with van der Waals surface area (Å²) in [6, 6.07) is 4.47. The van der Waals surface area contributed by atoms with Crippen molar-refractivity contribution in [3.05, 3.63) is 33.8 Å². The normalized spacial score (nSPS) is 9.94. The molecular formula is C10H8Cl3NO2. The maximum atomic E-state index is 11.5. The third-order valence-electron chi connectivity index (χ3n) is 1.78. The predicted octanol–water partition coefficient (Wildman–Crippen LogP) is 2.53. The van der Waals surface area contributed by atoms with Crippen molar-refractivity contribution < 1.29 is 9.59 Å². The standard InChI is InChI=1S/C10H8Cl3NO2/c11-4-7(15)5-14-10(16)6-1-2-8(12)9(13)3-6/h1-3H,4-5H2,(H,14,16). The van der Waals surface area contributed by atoms with Crippen molar-refractivity contribution in [3.63, 3.8) is 0 Å². The van der Waals surface area contributed by atoms with E-state index in [4.69, 9.17) is 34.8 Å². The van der Waals surface area contributed by atoms with E-state index in [0.29, 0.717) is 10.6 Å². The molecule has 0 unspecified atom stereocenters. The lowest BCUT2D eigenvalue weighted by Crippen LogP contribution is -2.30. The van der Waals surface area contributed by atoms with Gasteiger partial charge < -0.3 is 5.32 Å². The second kappa shape index (κ2) is 6.09. The summed E-state index contributed by atoms with van der Waals surface area (Å²) in [5.41, 5.74) is 0.344. The lowest BCUT2D eigenvalue weighted by molar-refractivity contribution is -0.115. The molecular weight excluding hydrogens is 272 g/mol. The zero-order chi connectivity index (χ0) is 12.1. The Morgan fingerprint density at radius 1 is 1.19 bits per heavy atom. The van der Waals surface area contributed by atoms with E-state index in [0.717, 1.165) is 0 Å². The molecule has 1 aromatic rings. The first-order valence-electron chi connectivity index (χ1n) is 4.35. The molecule has 0 atom stereocenters. The molecule has 86 valence electrons. The third kappa shape index (κ3) is 3.67. The molecule has 0 aromatic heterocycles. The van der Waals surface area contributed by atoms with Gasteiger partial charge in [-0.15, -0.1) is 11.6 Å². The molecule has 6 heteroatoms. The number of halogens is 3. The van der Waals surface area contributed by atoms with Gasteiger partial charge in [-0.25, -0.2) is 0 Å². The zero-order valence-corrected chi connectivity index (χ0v) is 10.4. The summed E-state index contributed by atoms with van der Waals surface area (Å²) in [6.07, 6.45) is 0. The van der Waals surface area contributed by atoms with Gasteiger partial charge in [0, 0.05) is 5.56 Å². The van der Waals surface area contributed by atoms with E-state index in [1.54, 1.807) is 0 Å². The molecule has 0 aliphatic carbocycles. The fraction of sp³-hybridized carbons (Fsp3) is 0.200. The van der Waals surface area contributed by atoms with Gasteiger partial charge in [-0.2, -0.15) is 0 Å². The van der Waals surface area contributed by atoms with Gasteiger partial charge in [0.1, 0.15) is 0 Å². The summed E-state index contributed by atoms with van der Waals surface area (Å²) in [4.78, 5) is 22.4. The predicted molar refractivity (Wildman–Crippen MR) is 64.5 cm³/mol. The van der Waals surface area contributed by atoms with E-state index in [9.17, 15) is 9.59 Å². The minimum Gasteiger partial charge on any atom is -0.345 e. The fourth-order valence-corrected chi connectivity index (χ4v) is 1.36. The van der Waals surface area contributed by atoms with Crippen molar-refractivity contribution in [1.82, 2.24) is 5.32 Å². The van der Waals surface area contributed by atoms with Crippen molar-refractivity contribution >= 4 is 46.5 Å². The molecule has 0 aliphatic rings. The van der Waals surface area contributed by atoms with Gasteiger partial charge in [0.25, 0.3) is 5.91 Å². The molecule has 1 amide bonds. The van der Waals surface area contributed by atoms with Crippen LogP contribution in [0.5, 0.6) is 0 Å². The number of carbonyl (C=O) groups is 2. The summed E-state index contributed by atoms with van der Waals surface area (Å²) in [5, 5.41) is 3.08. The average molecular weight is 281 g/mol. The summed E-state index contributed by atoms with van der Waals surface area (Å²) in [5.74, 6) is -0.770. The first-order chi connectivity index (χ1) is 7.54. The second-order valence-electron chi connectivity index (χ2n) is 2.98. The van der Waals surface area contributed by atoms with Crippen LogP contribution in [0.4, 0.5) is 0 Å². The van der Waals surface area contributed by atoms with Crippen molar-refractivity contribution in [2.75, 3.05) is 12.4 Å². The van der Waals surface area contributed by atoms with E-state index in [2.05, 4.69) is 5.32 Å². The van der Waals surface area contributed by atoms with E-state index in [-0.39, 0.29) is 23.2 Å². The number of nitrogens with one attached hydrogen (secondary N) is 1. The van der Waals surface area contributed by atoms with Gasteiger partial charge in [-0.1, -0.05) is 23.2 Å². The Bertz CT molecular complexity index is 421. The number of alkyl halides is 1. The summed E-state index contributed by atoms with van der Waals surface area (Å²) >= 11 is 16.7. The number of hydrogen-bond donors (Lipinski definition) is 1. The Morgan fingerprint density at radius 3 is 2.44 bits per heavy atom. The Kier molecular flexibility index (Phi) is 5.06. The van der Waals surface area contributed by atoms with Crippen LogP contribution in [-0.4, -0.2) is 24.1 Å². The van der Waals surface area contributed by atoms with Crippen LogP contribution in [0.3, 0.4) is 0 Å². The molecule has 0 bridgehead atoms. The number of carbonyl (C=O) groups excluding carboxylic acids is 2. The average Bonchev–Trinajstić information content (AvgIpc) is 2.29. The largest absolute Gasteiger partial charge is 0.345 e. The van der Waals surface area contributed by atoms with Crippen LogP contribution in [0, 0.1) is 0 Å². The van der Waals surface area contributed by atoms with E-state index < -0.39 is 5.91 Å². The number of amides is 1. The Balaban J connectivity index is 2.66. The molecule has 1 rings (SSSR count). The van der Waals surface area contributed by atoms with Gasteiger partial charge in [-0.05, 0) is 18.2 Å². The lowest BCUT2D eigenvalue weighted by atomic mass is 10.2. The van der Waals surface area contributed by atoms with E-state index in [1.807, 2.05) is 0 Å². The highest BCUT2D eigenvalue weighted by atomic mass is 35.5. The van der Waals surface area contributed by atoms with Gasteiger partial charge in [0.15, 0.2) is 5.78 Å². The van der Waals surface area contributed by atoms with Crippen LogP contribution in [0.25, 0.3) is 0 Å². The zero-order valence-electron chi connectivity index (χ0n) is 8.10. The van der Waals surface area contributed by atoms with Crippen molar-refractivity contribution in [3.8, 4) is 0 Å². The summed E-state index contributed by atoms with van der Waals surface area (Å²) < 4.78 is 0. The van der Waals surface area contributed by atoms with Gasteiger partial charge in [0.05, 0.1) is 22.5 Å². The minimum absolute atomic E-state index is 0.0947. The smallest absolute Gasteiger partial charge is 0.251 e. The molecule has 1 aromatic carbocycles. The van der Waals surface area contributed by atoms with Crippen LogP contribution in [-0.2, 0) is 4.79 Å². The molecule has 3 nitrogen and oxygen atoms in total.